The van der Waals surface area contributed by atoms with Gasteiger partial charge >= 0.3 is 0 Å². The molecule has 54 heavy (non-hydrogen) atoms. The molecule has 0 saturated carbocycles. The van der Waals surface area contributed by atoms with Crippen LogP contribution in [0, 0.1) is 6.92 Å². The van der Waals surface area contributed by atoms with Gasteiger partial charge in [-0.25, -0.2) is 0 Å². The van der Waals surface area contributed by atoms with E-state index < -0.39 is 0 Å². The van der Waals surface area contributed by atoms with Gasteiger partial charge in [-0.05, 0) is 98.4 Å². The van der Waals surface area contributed by atoms with Crippen LogP contribution in [-0.4, -0.2) is 11.3 Å². The number of benzene rings is 6. The first-order chi connectivity index (χ1) is 25.7. The molecule has 4 heteroatoms. The first kappa shape index (κ1) is 32.0. The molecule has 0 radical (unpaired) electrons. The van der Waals surface area contributed by atoms with Crippen molar-refractivity contribution < 1.29 is 4.42 Å². The van der Waals surface area contributed by atoms with Gasteiger partial charge in [0, 0.05) is 55.4 Å². The number of aryl methyl sites for hydroxylation is 1. The van der Waals surface area contributed by atoms with Crippen LogP contribution in [0.15, 0.2) is 114 Å². The Morgan fingerprint density at radius 2 is 1.33 bits per heavy atom. The molecule has 2 aromatic heterocycles. The van der Waals surface area contributed by atoms with Crippen LogP contribution < -0.4 is 21.3 Å². The molecular formula is C50H45BN2O. The molecule has 4 heterocycles. The Bertz CT molecular complexity index is 2960. The van der Waals surface area contributed by atoms with Crippen LogP contribution in [0.3, 0.4) is 0 Å². The first-order valence-corrected chi connectivity index (χ1v) is 19.6. The number of hydrogen-bond acceptors (Lipinski definition) is 2. The van der Waals surface area contributed by atoms with Crippen LogP contribution >= 0.6 is 0 Å². The normalized spacial score (nSPS) is 15.2. The number of aromatic nitrogens is 1. The molecule has 0 N–H and O–H groups in total. The summed E-state index contributed by atoms with van der Waals surface area (Å²) in [6.45, 7) is 21.2. The largest absolute Gasteiger partial charge is 0.454 e. The van der Waals surface area contributed by atoms with Gasteiger partial charge in [0.15, 0.2) is 5.58 Å². The Kier molecular flexibility index (Phi) is 6.03. The average Bonchev–Trinajstić information content (AvgIpc) is 3.76. The second kappa shape index (κ2) is 10.2. The summed E-state index contributed by atoms with van der Waals surface area (Å²) >= 11 is 0. The molecule has 264 valence electrons. The van der Waals surface area contributed by atoms with Crippen molar-refractivity contribution >= 4 is 73.0 Å². The molecule has 8 aromatic rings. The van der Waals surface area contributed by atoms with Gasteiger partial charge in [0.05, 0.1) is 5.69 Å². The molecule has 0 amide bonds. The van der Waals surface area contributed by atoms with E-state index in [4.69, 9.17) is 4.42 Å². The van der Waals surface area contributed by atoms with Crippen LogP contribution in [0.2, 0.25) is 0 Å². The fourth-order valence-corrected chi connectivity index (χ4v) is 10.2. The smallest absolute Gasteiger partial charge is 0.252 e. The van der Waals surface area contributed by atoms with Crippen molar-refractivity contribution in [1.82, 2.24) is 4.57 Å². The minimum Gasteiger partial charge on any atom is -0.454 e. The fourth-order valence-electron chi connectivity index (χ4n) is 10.2. The molecule has 0 bridgehead atoms. The Morgan fingerprint density at radius 3 is 2.13 bits per heavy atom. The summed E-state index contributed by atoms with van der Waals surface area (Å²) in [5, 5.41) is 3.67. The van der Waals surface area contributed by atoms with E-state index in [9.17, 15) is 0 Å². The fraction of sp³-hybridized carbons (Fsp3) is 0.240. The number of anilines is 3. The van der Waals surface area contributed by atoms with Crippen molar-refractivity contribution in [1.29, 1.82) is 0 Å². The van der Waals surface area contributed by atoms with Crippen molar-refractivity contribution in [3.05, 3.63) is 137 Å². The minimum absolute atomic E-state index is 0.0232. The maximum absolute atomic E-state index is 6.81. The molecule has 3 nitrogen and oxygen atoms in total. The molecule has 1 aliphatic carbocycles. The summed E-state index contributed by atoms with van der Waals surface area (Å²) in [7, 11) is 0. The van der Waals surface area contributed by atoms with Crippen LogP contribution in [0.25, 0.3) is 49.7 Å². The molecule has 2 aliphatic heterocycles. The lowest BCUT2D eigenvalue weighted by Crippen LogP contribution is -2.61. The zero-order valence-electron chi connectivity index (χ0n) is 32.8. The van der Waals surface area contributed by atoms with E-state index in [1.165, 1.54) is 83.4 Å². The Hall–Kier alpha value is -5.48. The van der Waals surface area contributed by atoms with Crippen molar-refractivity contribution in [2.24, 2.45) is 0 Å². The van der Waals surface area contributed by atoms with E-state index in [1.54, 1.807) is 0 Å². The third-order valence-electron chi connectivity index (χ3n) is 12.9. The lowest BCUT2D eigenvalue weighted by atomic mass is 9.33. The first-order valence-electron chi connectivity index (χ1n) is 19.6. The van der Waals surface area contributed by atoms with Gasteiger partial charge < -0.3 is 13.9 Å². The third-order valence-corrected chi connectivity index (χ3v) is 12.9. The Balaban J connectivity index is 1.32. The highest BCUT2D eigenvalue weighted by molar-refractivity contribution is 7.00. The van der Waals surface area contributed by atoms with E-state index in [1.807, 2.05) is 0 Å². The van der Waals surface area contributed by atoms with Crippen LogP contribution in [0.1, 0.15) is 83.3 Å². The predicted molar refractivity (Wildman–Crippen MR) is 230 cm³/mol. The van der Waals surface area contributed by atoms with Crippen LogP contribution in [0.5, 0.6) is 0 Å². The number of fused-ring (bicyclic) bond motifs is 12. The number of nitrogens with zero attached hydrogens (tertiary/aromatic N) is 2. The number of rotatable bonds is 1. The zero-order valence-corrected chi connectivity index (χ0v) is 32.8. The molecule has 3 aliphatic rings. The molecule has 11 rings (SSSR count). The third kappa shape index (κ3) is 3.99. The van der Waals surface area contributed by atoms with E-state index in [-0.39, 0.29) is 23.0 Å². The van der Waals surface area contributed by atoms with Gasteiger partial charge in [0.1, 0.15) is 5.58 Å². The monoisotopic (exact) mass is 700 g/mol. The maximum Gasteiger partial charge on any atom is 0.252 e. The Morgan fingerprint density at radius 1 is 0.611 bits per heavy atom. The molecule has 6 aromatic carbocycles. The average molecular weight is 701 g/mol. The van der Waals surface area contributed by atoms with Gasteiger partial charge in [0.25, 0.3) is 6.71 Å². The lowest BCUT2D eigenvalue weighted by Gasteiger charge is -2.42. The van der Waals surface area contributed by atoms with E-state index in [0.717, 1.165) is 27.6 Å². The van der Waals surface area contributed by atoms with Gasteiger partial charge in [0.2, 0.25) is 0 Å². The molecule has 0 spiro atoms. The second-order valence-corrected chi connectivity index (χ2v) is 18.7. The summed E-state index contributed by atoms with van der Waals surface area (Å²) in [6, 6.07) is 41.5. The maximum atomic E-state index is 6.81. The van der Waals surface area contributed by atoms with E-state index in [0.29, 0.717) is 0 Å². The summed E-state index contributed by atoms with van der Waals surface area (Å²) in [5.41, 5.74) is 21.5. The number of hydrogen-bond donors (Lipinski definition) is 0. The molecule has 0 atom stereocenters. The van der Waals surface area contributed by atoms with E-state index >= 15 is 0 Å². The standard InChI is InChI=1S/C50H45BN2O/c1-28-23-40-44-41(24-28)53-45-34(43-33-16-10-12-18-35(33)50(8,9)47(43)53)25-30(49(5,6)7)26-37(45)51(44)36-22-21-29(48(2,3)4)27-39(36)52(40)38-19-14-17-32-31-15-11-13-20-42(31)54-46(32)38/h10-27H,1-9H3. The quantitative estimate of drug-likeness (QED) is 0.159. The van der Waals surface area contributed by atoms with Crippen LogP contribution in [0.4, 0.5) is 17.1 Å². The van der Waals surface area contributed by atoms with Gasteiger partial charge in [-0.1, -0.05) is 128 Å². The zero-order chi connectivity index (χ0) is 37.2. The van der Waals surface area contributed by atoms with E-state index in [2.05, 4.69) is 181 Å². The van der Waals surface area contributed by atoms with Gasteiger partial charge in [-0.2, -0.15) is 0 Å². The second-order valence-electron chi connectivity index (χ2n) is 18.7. The molecular weight excluding hydrogens is 655 g/mol. The minimum atomic E-state index is -0.179. The molecule has 0 fully saturated rings. The van der Waals surface area contributed by atoms with Gasteiger partial charge in [-0.3, -0.25) is 0 Å². The summed E-state index contributed by atoms with van der Waals surface area (Å²) in [5.74, 6) is 0. The van der Waals surface area contributed by atoms with Crippen molar-refractivity contribution in [3.63, 3.8) is 0 Å². The van der Waals surface area contributed by atoms with Crippen LogP contribution in [-0.2, 0) is 16.2 Å². The van der Waals surface area contributed by atoms with Crippen molar-refractivity contribution in [3.8, 4) is 16.8 Å². The highest BCUT2D eigenvalue weighted by Crippen LogP contribution is 2.55. The topological polar surface area (TPSA) is 21.3 Å². The number of para-hydroxylation sites is 2. The molecule has 0 unspecified atom stereocenters. The highest BCUT2D eigenvalue weighted by Gasteiger charge is 2.48. The predicted octanol–water partition coefficient (Wildman–Crippen LogP) is 11.4. The van der Waals surface area contributed by atoms with Gasteiger partial charge in [-0.15, -0.1) is 0 Å². The Labute approximate surface area is 318 Å². The number of furan rings is 1. The summed E-state index contributed by atoms with van der Waals surface area (Å²) < 4.78 is 9.50. The van der Waals surface area contributed by atoms with Crippen molar-refractivity contribution in [2.45, 2.75) is 78.6 Å². The van der Waals surface area contributed by atoms with Crippen molar-refractivity contribution in [2.75, 3.05) is 4.90 Å². The highest BCUT2D eigenvalue weighted by atomic mass is 16.3. The summed E-state index contributed by atoms with van der Waals surface area (Å²) in [6.07, 6.45) is 0. The SMILES string of the molecule is Cc1cc2c3c(c1)-n1c4c(c5cc(C(C)(C)C)cc(c51)B3c1ccc(C(C)(C)C)cc1N2c1cccc2c1oc1ccccc12)-c1ccccc1C4(C)C. The summed E-state index contributed by atoms with van der Waals surface area (Å²) in [4.78, 5) is 2.54. The molecule has 0 saturated heterocycles. The lowest BCUT2D eigenvalue weighted by molar-refractivity contribution is 0.590.